The highest BCUT2D eigenvalue weighted by Crippen LogP contribution is 2.18. The van der Waals surface area contributed by atoms with Crippen LogP contribution < -0.4 is 5.32 Å². The van der Waals surface area contributed by atoms with Crippen LogP contribution in [0, 0.1) is 5.92 Å². The van der Waals surface area contributed by atoms with Crippen LogP contribution in [0.15, 0.2) is 30.3 Å². The summed E-state index contributed by atoms with van der Waals surface area (Å²) in [5, 5.41) is 23.6. The van der Waals surface area contributed by atoms with Gasteiger partial charge in [-0.3, -0.25) is 4.90 Å². The van der Waals surface area contributed by atoms with Crippen molar-refractivity contribution in [1.82, 2.24) is 10.2 Å². The summed E-state index contributed by atoms with van der Waals surface area (Å²) in [6, 6.07) is 7.12. The van der Waals surface area contributed by atoms with Crippen molar-refractivity contribution >= 4 is 18.2 Å². The molecule has 0 aromatic heterocycles. The normalized spacial score (nSPS) is 14.1. The van der Waals surface area contributed by atoms with Crippen molar-refractivity contribution in [1.29, 1.82) is 0 Å². The van der Waals surface area contributed by atoms with Gasteiger partial charge in [0, 0.05) is 0 Å². The number of carbonyl (C=O) groups is 3. The molecule has 9 heteroatoms. The number of hydrogen-bond donors (Lipinski definition) is 3. The first-order valence-corrected chi connectivity index (χ1v) is 12.2. The van der Waals surface area contributed by atoms with E-state index in [0.717, 1.165) is 16.9 Å². The summed E-state index contributed by atoms with van der Waals surface area (Å²) in [6.45, 7) is 10.5. The molecule has 1 aromatic rings. The van der Waals surface area contributed by atoms with Crippen molar-refractivity contribution in [2.24, 2.45) is 5.92 Å². The van der Waals surface area contributed by atoms with Crippen molar-refractivity contribution in [3.63, 3.8) is 0 Å². The van der Waals surface area contributed by atoms with Gasteiger partial charge in [-0.1, -0.05) is 63.9 Å². The Hall–Kier alpha value is -2.81. The summed E-state index contributed by atoms with van der Waals surface area (Å²) in [4.78, 5) is 38.5. The van der Waals surface area contributed by atoms with Crippen LogP contribution in [0.25, 0.3) is 0 Å². The number of ether oxygens (including phenoxy) is 2. The lowest BCUT2D eigenvalue weighted by Gasteiger charge is -2.34. The molecule has 1 unspecified atom stereocenters. The first-order chi connectivity index (χ1) is 16.3. The zero-order chi connectivity index (χ0) is 26.6. The molecule has 35 heavy (non-hydrogen) atoms. The second-order valence-corrected chi connectivity index (χ2v) is 10.1. The average Bonchev–Trinajstić information content (AvgIpc) is 2.76. The van der Waals surface area contributed by atoms with Gasteiger partial charge in [0.25, 0.3) is 0 Å². The molecule has 2 amide bonds. The minimum Gasteiger partial charge on any atom is -0.480 e. The van der Waals surface area contributed by atoms with Gasteiger partial charge in [0.1, 0.15) is 18.2 Å². The third-order valence-electron chi connectivity index (χ3n) is 5.21. The summed E-state index contributed by atoms with van der Waals surface area (Å²) < 4.78 is 10.7. The Bertz CT molecular complexity index is 793. The number of carboxylic acids is 1. The summed E-state index contributed by atoms with van der Waals surface area (Å²) in [7, 11) is 0. The van der Waals surface area contributed by atoms with Crippen molar-refractivity contribution in [3.05, 3.63) is 35.9 Å². The van der Waals surface area contributed by atoms with Crippen LogP contribution in [0.4, 0.5) is 9.59 Å². The van der Waals surface area contributed by atoms with E-state index in [-0.39, 0.29) is 25.5 Å². The van der Waals surface area contributed by atoms with Gasteiger partial charge in [0.05, 0.1) is 18.7 Å². The highest BCUT2D eigenvalue weighted by atomic mass is 16.6. The molecule has 9 nitrogen and oxygen atoms in total. The number of hydrogen-bond acceptors (Lipinski definition) is 6. The van der Waals surface area contributed by atoms with E-state index < -0.39 is 41.9 Å². The van der Waals surface area contributed by atoms with E-state index in [1.165, 1.54) is 0 Å². The maximum atomic E-state index is 13.0. The predicted molar refractivity (Wildman–Crippen MR) is 133 cm³/mol. The Balaban J connectivity index is 3.09. The molecule has 198 valence electrons. The Morgan fingerprint density at radius 2 is 1.74 bits per heavy atom. The summed E-state index contributed by atoms with van der Waals surface area (Å²) >= 11 is 0. The fraction of sp³-hybridized carbons (Fsp3) is 0.654. The van der Waals surface area contributed by atoms with Gasteiger partial charge in [-0.25, -0.2) is 14.4 Å². The first kappa shape index (κ1) is 30.2. The minimum absolute atomic E-state index is 0.0200. The number of unbranched alkanes of at least 4 members (excludes halogenated alkanes) is 1. The van der Waals surface area contributed by atoms with E-state index in [1.54, 1.807) is 32.9 Å². The molecule has 0 bridgehead atoms. The molecule has 3 N–H and O–H groups in total. The molecule has 0 radical (unpaired) electrons. The Labute approximate surface area is 208 Å². The number of nitrogens with one attached hydrogen (secondary N) is 1. The molecule has 0 saturated carbocycles. The van der Waals surface area contributed by atoms with Crippen molar-refractivity contribution < 1.29 is 34.1 Å². The number of carboxylic acid groups (broad SMARTS) is 1. The van der Waals surface area contributed by atoms with Gasteiger partial charge in [0.15, 0.2) is 0 Å². The van der Waals surface area contributed by atoms with Crippen molar-refractivity contribution in [2.45, 2.75) is 97.6 Å². The van der Waals surface area contributed by atoms with Gasteiger partial charge in [-0.2, -0.15) is 0 Å². The second-order valence-electron chi connectivity index (χ2n) is 10.1. The number of aliphatic hydroxyl groups excluding tert-OH is 1. The maximum Gasteiger partial charge on any atom is 0.410 e. The SMILES string of the molecule is CCCCC(NC(=O)OC(C)(C)C)[C@@H](O)CN(C(=O)OCc1ccccc1)[C@@H](CC(C)C)C(=O)O. The fourth-order valence-corrected chi connectivity index (χ4v) is 3.51. The zero-order valence-corrected chi connectivity index (χ0v) is 21.8. The molecule has 0 spiro atoms. The molecular formula is C26H42N2O7. The van der Waals surface area contributed by atoms with Gasteiger partial charge in [0.2, 0.25) is 0 Å². The predicted octanol–water partition coefficient (Wildman–Crippen LogP) is 4.57. The van der Waals surface area contributed by atoms with Gasteiger partial charge in [-0.05, 0) is 45.1 Å². The minimum atomic E-state index is -1.23. The highest BCUT2D eigenvalue weighted by Gasteiger charge is 2.35. The lowest BCUT2D eigenvalue weighted by atomic mass is 10.00. The molecule has 0 aliphatic carbocycles. The van der Waals surface area contributed by atoms with E-state index in [0.29, 0.717) is 12.8 Å². The molecule has 0 fully saturated rings. The quantitative estimate of drug-likeness (QED) is 0.367. The number of alkyl carbamates (subject to hydrolysis) is 1. The second kappa shape index (κ2) is 14.6. The smallest absolute Gasteiger partial charge is 0.410 e. The number of benzene rings is 1. The topological polar surface area (TPSA) is 125 Å². The van der Waals surface area contributed by atoms with Crippen LogP contribution >= 0.6 is 0 Å². The number of aliphatic carboxylic acids is 1. The number of rotatable bonds is 13. The summed E-state index contributed by atoms with van der Waals surface area (Å²) in [5.41, 5.74) is 0.0352. The molecule has 0 aliphatic heterocycles. The van der Waals surface area contributed by atoms with E-state index in [1.807, 2.05) is 39.0 Å². The lowest BCUT2D eigenvalue weighted by molar-refractivity contribution is -0.144. The van der Waals surface area contributed by atoms with Crippen molar-refractivity contribution in [2.75, 3.05) is 6.54 Å². The Morgan fingerprint density at radius 3 is 2.26 bits per heavy atom. The van der Waals surface area contributed by atoms with Crippen LogP contribution in [0.2, 0.25) is 0 Å². The van der Waals surface area contributed by atoms with Crippen LogP contribution in [-0.4, -0.2) is 63.6 Å². The largest absolute Gasteiger partial charge is 0.480 e. The van der Waals surface area contributed by atoms with Gasteiger partial charge in [-0.15, -0.1) is 0 Å². The van der Waals surface area contributed by atoms with Gasteiger partial charge < -0.3 is 25.0 Å². The molecule has 0 heterocycles. The lowest BCUT2D eigenvalue weighted by Crippen LogP contribution is -2.54. The number of aliphatic hydroxyl groups is 1. The molecule has 0 aliphatic rings. The van der Waals surface area contributed by atoms with Crippen LogP contribution in [0.5, 0.6) is 0 Å². The number of amides is 2. The van der Waals surface area contributed by atoms with E-state index in [9.17, 15) is 24.6 Å². The zero-order valence-electron chi connectivity index (χ0n) is 21.8. The number of nitrogens with zero attached hydrogens (tertiary/aromatic N) is 1. The summed E-state index contributed by atoms with van der Waals surface area (Å²) in [6.07, 6.45) is -0.599. The average molecular weight is 495 g/mol. The van der Waals surface area contributed by atoms with Crippen LogP contribution in [0.1, 0.15) is 72.8 Å². The van der Waals surface area contributed by atoms with E-state index in [4.69, 9.17) is 9.47 Å². The van der Waals surface area contributed by atoms with E-state index in [2.05, 4.69) is 5.32 Å². The Morgan fingerprint density at radius 1 is 1.11 bits per heavy atom. The first-order valence-electron chi connectivity index (χ1n) is 12.2. The van der Waals surface area contributed by atoms with Crippen molar-refractivity contribution in [3.8, 4) is 0 Å². The van der Waals surface area contributed by atoms with Gasteiger partial charge >= 0.3 is 18.2 Å². The molecule has 1 aromatic carbocycles. The Kier molecular flexibility index (Phi) is 12.6. The number of carbonyl (C=O) groups excluding carboxylic acids is 2. The van der Waals surface area contributed by atoms with Crippen LogP contribution in [-0.2, 0) is 20.9 Å². The molecular weight excluding hydrogens is 452 g/mol. The standard InChI is InChI=1S/C26H42N2O7/c1-7-8-14-20(27-24(32)35-26(4,5)6)22(29)16-28(21(23(30)31)15-18(2)3)25(33)34-17-19-12-10-9-11-13-19/h9-13,18,20-22,29H,7-8,14-17H2,1-6H3,(H,27,32)(H,30,31)/t20?,21-,22-/m0/s1. The van der Waals surface area contributed by atoms with E-state index >= 15 is 0 Å². The molecule has 1 rings (SSSR count). The van der Waals surface area contributed by atoms with Crippen LogP contribution in [0.3, 0.4) is 0 Å². The summed E-state index contributed by atoms with van der Waals surface area (Å²) in [5.74, 6) is -1.21. The molecule has 0 saturated heterocycles. The highest BCUT2D eigenvalue weighted by molar-refractivity contribution is 5.80. The maximum absolute atomic E-state index is 13.0. The monoisotopic (exact) mass is 494 g/mol. The third-order valence-corrected chi connectivity index (χ3v) is 5.21. The molecule has 3 atom stereocenters. The third kappa shape index (κ3) is 11.9. The fourth-order valence-electron chi connectivity index (χ4n) is 3.51.